The molecular weight excluding hydrogens is 400 g/mol. The molecule has 2 aromatic rings. The van der Waals surface area contributed by atoms with E-state index >= 15 is 0 Å². The fourth-order valence-electron chi connectivity index (χ4n) is 2.59. The molecule has 2 aromatic carbocycles. The van der Waals surface area contributed by atoms with E-state index in [1.54, 1.807) is 20.8 Å². The van der Waals surface area contributed by atoms with Crippen molar-refractivity contribution in [3.63, 3.8) is 0 Å². The first-order chi connectivity index (χ1) is 14.2. The van der Waals surface area contributed by atoms with Crippen molar-refractivity contribution in [1.29, 1.82) is 0 Å². The van der Waals surface area contributed by atoms with E-state index in [-0.39, 0.29) is 17.6 Å². The van der Waals surface area contributed by atoms with Crippen LogP contribution in [0.5, 0.6) is 0 Å². The van der Waals surface area contributed by atoms with E-state index in [2.05, 4.69) is 10.6 Å². The predicted molar refractivity (Wildman–Crippen MR) is 120 cm³/mol. The van der Waals surface area contributed by atoms with Crippen LogP contribution in [0.25, 0.3) is 0 Å². The highest BCUT2D eigenvalue weighted by Crippen LogP contribution is 2.18. The number of thioether (sulfide) groups is 1. The van der Waals surface area contributed by atoms with E-state index in [1.807, 2.05) is 60.7 Å². The molecule has 0 saturated carbocycles. The lowest BCUT2D eigenvalue weighted by atomic mass is 10.00. The minimum atomic E-state index is -0.640. The summed E-state index contributed by atoms with van der Waals surface area (Å²) in [6, 6.07) is 18.9. The molecule has 0 saturated heterocycles. The number of benzene rings is 2. The molecule has 30 heavy (non-hydrogen) atoms. The Balaban J connectivity index is 1.92. The maximum Gasteiger partial charge on any atom is 0.408 e. The summed E-state index contributed by atoms with van der Waals surface area (Å²) < 4.78 is 5.12. The summed E-state index contributed by atoms with van der Waals surface area (Å²) in [6.07, 6.45) is -0.127. The quantitative estimate of drug-likeness (QED) is 0.656. The van der Waals surface area contributed by atoms with Gasteiger partial charge in [0.15, 0.2) is 0 Å². The van der Waals surface area contributed by atoms with Crippen LogP contribution in [0.4, 0.5) is 10.5 Å². The van der Waals surface area contributed by atoms with Gasteiger partial charge in [0, 0.05) is 11.4 Å². The number of para-hydroxylation sites is 1. The van der Waals surface area contributed by atoms with Gasteiger partial charge in [-0.2, -0.15) is 0 Å². The van der Waals surface area contributed by atoms with Crippen molar-refractivity contribution < 1.29 is 19.1 Å². The maximum atomic E-state index is 12.8. The van der Waals surface area contributed by atoms with Gasteiger partial charge in [-0.3, -0.25) is 9.59 Å². The molecule has 2 rings (SSSR count). The van der Waals surface area contributed by atoms with Gasteiger partial charge in [-0.05, 0) is 44.9 Å². The normalized spacial score (nSPS) is 12.0. The van der Waals surface area contributed by atoms with Crippen molar-refractivity contribution in [3.8, 4) is 0 Å². The van der Waals surface area contributed by atoms with Gasteiger partial charge in [-0.25, -0.2) is 4.79 Å². The van der Waals surface area contributed by atoms with Crippen molar-refractivity contribution >= 4 is 34.6 Å². The lowest BCUT2D eigenvalue weighted by Gasteiger charge is -2.19. The third-order valence-corrected chi connectivity index (χ3v) is 4.99. The van der Waals surface area contributed by atoms with Crippen molar-refractivity contribution in [2.24, 2.45) is 5.92 Å². The zero-order chi connectivity index (χ0) is 22.0. The molecule has 0 aliphatic heterocycles. The number of nitrogens with one attached hydrogen (secondary N) is 2. The summed E-state index contributed by atoms with van der Waals surface area (Å²) in [6.45, 7) is 5.10. The van der Waals surface area contributed by atoms with Crippen LogP contribution in [0, 0.1) is 5.92 Å². The predicted octanol–water partition coefficient (Wildman–Crippen LogP) is 4.27. The van der Waals surface area contributed by atoms with Gasteiger partial charge in [0.25, 0.3) is 0 Å². The Bertz CT molecular complexity index is 835. The SMILES string of the molecule is CC(C)(C)OC(=O)NCC(=O)SCC(Cc1ccccc1)C(=O)Nc1ccccc1. The molecule has 1 atom stereocenters. The number of hydrogen-bond acceptors (Lipinski definition) is 5. The Labute approximate surface area is 181 Å². The summed E-state index contributed by atoms with van der Waals surface area (Å²) >= 11 is 1.03. The Hall–Kier alpha value is -2.80. The van der Waals surface area contributed by atoms with Crippen molar-refractivity contribution in [2.45, 2.75) is 32.8 Å². The van der Waals surface area contributed by atoms with Crippen molar-refractivity contribution in [2.75, 3.05) is 17.6 Å². The molecule has 2 N–H and O–H groups in total. The van der Waals surface area contributed by atoms with Gasteiger partial charge in [-0.1, -0.05) is 60.3 Å². The van der Waals surface area contributed by atoms with Crippen LogP contribution >= 0.6 is 11.8 Å². The number of ether oxygens (including phenoxy) is 1. The Kier molecular flexibility index (Phi) is 8.92. The smallest absolute Gasteiger partial charge is 0.408 e. The summed E-state index contributed by atoms with van der Waals surface area (Å²) in [5.41, 5.74) is 1.10. The van der Waals surface area contributed by atoms with Crippen LogP contribution < -0.4 is 10.6 Å². The molecular formula is C23H28N2O4S. The third-order valence-electron chi connectivity index (χ3n) is 3.96. The fraction of sp³-hybridized carbons (Fsp3) is 0.348. The molecule has 0 aromatic heterocycles. The second-order valence-corrected chi connectivity index (χ2v) is 8.86. The molecule has 0 fully saturated rings. The average Bonchev–Trinajstić information content (AvgIpc) is 2.69. The monoisotopic (exact) mass is 428 g/mol. The molecule has 7 heteroatoms. The molecule has 160 valence electrons. The van der Waals surface area contributed by atoms with E-state index in [1.165, 1.54) is 0 Å². The molecule has 0 aliphatic rings. The van der Waals surface area contributed by atoms with E-state index in [0.717, 1.165) is 17.3 Å². The van der Waals surface area contributed by atoms with E-state index in [0.29, 0.717) is 17.9 Å². The number of carbonyl (C=O) groups excluding carboxylic acids is 3. The number of rotatable bonds is 8. The maximum absolute atomic E-state index is 12.8. The molecule has 0 aliphatic carbocycles. The number of carbonyl (C=O) groups is 3. The highest BCUT2D eigenvalue weighted by molar-refractivity contribution is 8.13. The first-order valence-electron chi connectivity index (χ1n) is 9.75. The third kappa shape index (κ3) is 9.13. The molecule has 0 radical (unpaired) electrons. The zero-order valence-corrected chi connectivity index (χ0v) is 18.3. The first-order valence-corrected chi connectivity index (χ1v) is 10.7. The Morgan fingerprint density at radius 1 is 0.967 bits per heavy atom. The van der Waals surface area contributed by atoms with Crippen LogP contribution in [-0.2, 0) is 20.7 Å². The summed E-state index contributed by atoms with van der Waals surface area (Å²) in [4.78, 5) is 36.7. The molecule has 2 amide bonds. The number of anilines is 1. The van der Waals surface area contributed by atoms with Gasteiger partial charge in [0.2, 0.25) is 11.0 Å². The van der Waals surface area contributed by atoms with Gasteiger partial charge in [0.1, 0.15) is 5.60 Å². The molecule has 6 nitrogen and oxygen atoms in total. The topological polar surface area (TPSA) is 84.5 Å². The number of alkyl carbamates (subject to hydrolysis) is 1. The van der Waals surface area contributed by atoms with Gasteiger partial charge in [0.05, 0.1) is 12.5 Å². The highest BCUT2D eigenvalue weighted by Gasteiger charge is 2.22. The van der Waals surface area contributed by atoms with E-state index in [4.69, 9.17) is 4.74 Å². The fourth-order valence-corrected chi connectivity index (χ4v) is 3.43. The highest BCUT2D eigenvalue weighted by atomic mass is 32.2. The van der Waals surface area contributed by atoms with Crippen LogP contribution in [0.2, 0.25) is 0 Å². The molecule has 1 unspecified atom stereocenters. The molecule has 0 spiro atoms. The lowest BCUT2D eigenvalue weighted by molar-refractivity contribution is -0.119. The minimum absolute atomic E-state index is 0.148. The van der Waals surface area contributed by atoms with Gasteiger partial charge in [-0.15, -0.1) is 0 Å². The van der Waals surface area contributed by atoms with E-state index in [9.17, 15) is 14.4 Å². The van der Waals surface area contributed by atoms with Crippen molar-refractivity contribution in [3.05, 3.63) is 66.2 Å². The summed E-state index contributed by atoms with van der Waals surface area (Å²) in [5, 5.41) is 5.13. The van der Waals surface area contributed by atoms with Gasteiger partial charge < -0.3 is 15.4 Å². The second-order valence-electron chi connectivity index (χ2n) is 7.78. The molecule has 0 bridgehead atoms. The zero-order valence-electron chi connectivity index (χ0n) is 17.5. The first kappa shape index (κ1) is 23.5. The Morgan fingerprint density at radius 3 is 2.17 bits per heavy atom. The van der Waals surface area contributed by atoms with Crippen LogP contribution in [0.3, 0.4) is 0 Å². The lowest BCUT2D eigenvalue weighted by Crippen LogP contribution is -2.35. The van der Waals surface area contributed by atoms with Gasteiger partial charge >= 0.3 is 6.09 Å². The Morgan fingerprint density at radius 2 is 1.57 bits per heavy atom. The van der Waals surface area contributed by atoms with Crippen LogP contribution in [0.15, 0.2) is 60.7 Å². The van der Waals surface area contributed by atoms with E-state index < -0.39 is 17.6 Å². The number of hydrogen-bond donors (Lipinski definition) is 2. The van der Waals surface area contributed by atoms with Crippen molar-refractivity contribution in [1.82, 2.24) is 5.32 Å². The molecule has 0 heterocycles. The standard InChI is InChI=1S/C23H28N2O4S/c1-23(2,3)29-22(28)24-15-20(26)30-16-18(14-17-10-6-4-7-11-17)21(27)25-19-12-8-5-9-13-19/h4-13,18H,14-16H2,1-3H3,(H,24,28)(H,25,27). The average molecular weight is 429 g/mol. The largest absolute Gasteiger partial charge is 0.444 e. The summed E-state index contributed by atoms with van der Waals surface area (Å²) in [7, 11) is 0. The minimum Gasteiger partial charge on any atom is -0.444 e. The van der Waals surface area contributed by atoms with Crippen LogP contribution in [0.1, 0.15) is 26.3 Å². The number of amides is 2. The van der Waals surface area contributed by atoms with Crippen LogP contribution in [-0.4, -0.2) is 35.0 Å². The summed E-state index contributed by atoms with van der Waals surface area (Å²) in [5.74, 6) is -0.240. The second kappa shape index (κ2) is 11.4.